The third-order valence-corrected chi connectivity index (χ3v) is 3.50. The number of hydrogen-bond donors (Lipinski definition) is 2. The maximum Gasteiger partial charge on any atom is 0.126 e. The molecular formula is C14H20FNO2. The molecular weight excluding hydrogens is 233 g/mol. The van der Waals surface area contributed by atoms with Gasteiger partial charge in [0.1, 0.15) is 5.82 Å². The second-order valence-electron chi connectivity index (χ2n) is 5.08. The molecule has 1 aliphatic heterocycles. The number of nitrogens with zero attached hydrogens (tertiary/aromatic N) is 1. The zero-order chi connectivity index (χ0) is 13.3. The molecule has 100 valence electrons. The molecule has 0 aliphatic carbocycles. The number of anilines is 1. The van der Waals surface area contributed by atoms with E-state index in [0.29, 0.717) is 17.7 Å². The molecule has 1 heterocycles. The van der Waals surface area contributed by atoms with Crippen LogP contribution >= 0.6 is 0 Å². The fourth-order valence-corrected chi connectivity index (χ4v) is 2.46. The van der Waals surface area contributed by atoms with Crippen molar-refractivity contribution in [2.75, 3.05) is 18.0 Å². The molecule has 0 aromatic heterocycles. The van der Waals surface area contributed by atoms with Gasteiger partial charge in [-0.2, -0.15) is 0 Å². The summed E-state index contributed by atoms with van der Waals surface area (Å²) in [5.74, 6) is -0.299. The lowest BCUT2D eigenvalue weighted by Crippen LogP contribution is -2.38. The monoisotopic (exact) mass is 253 g/mol. The number of aryl methyl sites for hydroxylation is 1. The zero-order valence-corrected chi connectivity index (χ0v) is 10.9. The highest BCUT2D eigenvalue weighted by Gasteiger charge is 2.22. The van der Waals surface area contributed by atoms with Gasteiger partial charge in [0.25, 0.3) is 0 Å². The molecule has 2 N–H and O–H groups in total. The molecule has 3 nitrogen and oxygen atoms in total. The number of halogens is 1. The summed E-state index contributed by atoms with van der Waals surface area (Å²) < 4.78 is 13.6. The van der Waals surface area contributed by atoms with E-state index in [2.05, 4.69) is 0 Å². The summed E-state index contributed by atoms with van der Waals surface area (Å²) in [6, 6.07) is 3.16. The predicted octanol–water partition coefficient (Wildman–Crippen LogP) is 2.15. The van der Waals surface area contributed by atoms with Gasteiger partial charge in [0.05, 0.1) is 12.2 Å². The molecule has 1 aromatic carbocycles. The summed E-state index contributed by atoms with van der Waals surface area (Å²) in [6.07, 6.45) is 0.664. The van der Waals surface area contributed by atoms with Crippen LogP contribution in [-0.4, -0.2) is 29.4 Å². The van der Waals surface area contributed by atoms with Gasteiger partial charge in [-0.25, -0.2) is 4.39 Å². The molecule has 0 amide bonds. The first kappa shape index (κ1) is 13.3. The van der Waals surface area contributed by atoms with Gasteiger partial charge in [-0.05, 0) is 44.4 Å². The van der Waals surface area contributed by atoms with Gasteiger partial charge >= 0.3 is 0 Å². The van der Waals surface area contributed by atoms with Crippen molar-refractivity contribution in [3.8, 4) is 0 Å². The van der Waals surface area contributed by atoms with Crippen LogP contribution in [0.4, 0.5) is 10.1 Å². The van der Waals surface area contributed by atoms with Crippen LogP contribution < -0.4 is 4.90 Å². The average molecular weight is 253 g/mol. The van der Waals surface area contributed by atoms with Crippen LogP contribution in [0.5, 0.6) is 0 Å². The third-order valence-electron chi connectivity index (χ3n) is 3.50. The topological polar surface area (TPSA) is 43.7 Å². The van der Waals surface area contributed by atoms with Crippen molar-refractivity contribution < 1.29 is 14.6 Å². The number of hydrogen-bond acceptors (Lipinski definition) is 3. The molecule has 1 aliphatic rings. The Labute approximate surface area is 107 Å². The van der Waals surface area contributed by atoms with Gasteiger partial charge in [-0.1, -0.05) is 0 Å². The fraction of sp³-hybridized carbons (Fsp3) is 0.571. The Hall–Kier alpha value is -1.13. The summed E-state index contributed by atoms with van der Waals surface area (Å²) in [4.78, 5) is 2.03. The highest BCUT2D eigenvalue weighted by Crippen LogP contribution is 2.31. The Morgan fingerprint density at radius 3 is 2.78 bits per heavy atom. The van der Waals surface area contributed by atoms with E-state index in [1.54, 1.807) is 19.9 Å². The zero-order valence-electron chi connectivity index (χ0n) is 10.9. The highest BCUT2D eigenvalue weighted by molar-refractivity contribution is 5.57. The summed E-state index contributed by atoms with van der Waals surface area (Å²) in [5, 5.41) is 19.5. The van der Waals surface area contributed by atoms with Crippen molar-refractivity contribution in [1.29, 1.82) is 0 Å². The minimum absolute atomic E-state index is 0.299. The van der Waals surface area contributed by atoms with Crippen molar-refractivity contribution in [2.45, 2.75) is 38.9 Å². The number of aliphatic hydroxyl groups excluding tert-OH is 2. The van der Waals surface area contributed by atoms with E-state index in [0.717, 1.165) is 25.1 Å². The Morgan fingerprint density at radius 1 is 1.44 bits per heavy atom. The molecule has 0 saturated carbocycles. The summed E-state index contributed by atoms with van der Waals surface area (Å²) >= 11 is 0. The van der Waals surface area contributed by atoms with Crippen LogP contribution in [-0.2, 0) is 0 Å². The number of β-amino-alcohol motifs (C(OH)–C–C–N with tert-alkyl or cyclic N) is 1. The number of benzene rings is 1. The molecule has 2 rings (SSSR count). The molecule has 0 bridgehead atoms. The molecule has 1 unspecified atom stereocenters. The van der Waals surface area contributed by atoms with E-state index in [1.165, 1.54) is 6.07 Å². The van der Waals surface area contributed by atoms with Gasteiger partial charge in [-0.15, -0.1) is 0 Å². The standard InChI is InChI=1S/C14H20FNO2/c1-9-6-14(12(10(2)17)7-13(9)15)16-5-3-4-11(18)8-16/h6-7,10-11,17-18H,3-5,8H2,1-2H3/t10-,11?/m1/s1. The first-order valence-electron chi connectivity index (χ1n) is 6.40. The van der Waals surface area contributed by atoms with Crippen LogP contribution in [0.3, 0.4) is 0 Å². The number of aliphatic hydroxyl groups is 2. The largest absolute Gasteiger partial charge is 0.391 e. The summed E-state index contributed by atoms with van der Waals surface area (Å²) in [5.41, 5.74) is 1.99. The maximum atomic E-state index is 13.6. The summed E-state index contributed by atoms with van der Waals surface area (Å²) in [6.45, 7) is 4.73. The Morgan fingerprint density at radius 2 is 2.17 bits per heavy atom. The second kappa shape index (κ2) is 5.24. The van der Waals surface area contributed by atoms with E-state index in [-0.39, 0.29) is 11.9 Å². The van der Waals surface area contributed by atoms with Gasteiger partial charge in [-0.3, -0.25) is 0 Å². The van der Waals surface area contributed by atoms with Crippen LogP contribution in [0.25, 0.3) is 0 Å². The first-order valence-corrected chi connectivity index (χ1v) is 6.40. The summed E-state index contributed by atoms with van der Waals surface area (Å²) in [7, 11) is 0. The minimum Gasteiger partial charge on any atom is -0.391 e. The van der Waals surface area contributed by atoms with Gasteiger partial charge < -0.3 is 15.1 Å². The van der Waals surface area contributed by atoms with E-state index in [4.69, 9.17) is 0 Å². The van der Waals surface area contributed by atoms with Gasteiger partial charge in [0.15, 0.2) is 0 Å². The molecule has 1 aromatic rings. The average Bonchev–Trinajstić information content (AvgIpc) is 2.31. The number of piperidine rings is 1. The maximum absolute atomic E-state index is 13.6. The van der Waals surface area contributed by atoms with Crippen LogP contribution in [0.2, 0.25) is 0 Å². The molecule has 1 fully saturated rings. The predicted molar refractivity (Wildman–Crippen MR) is 69.2 cm³/mol. The fourth-order valence-electron chi connectivity index (χ4n) is 2.46. The van der Waals surface area contributed by atoms with Crippen molar-refractivity contribution in [3.63, 3.8) is 0 Å². The van der Waals surface area contributed by atoms with E-state index in [1.807, 2.05) is 4.90 Å². The van der Waals surface area contributed by atoms with Gasteiger partial charge in [0.2, 0.25) is 0 Å². The van der Waals surface area contributed by atoms with Crippen LogP contribution in [0.15, 0.2) is 12.1 Å². The van der Waals surface area contributed by atoms with Crippen LogP contribution in [0, 0.1) is 12.7 Å². The van der Waals surface area contributed by atoms with Crippen LogP contribution in [0.1, 0.15) is 37.0 Å². The molecule has 1 saturated heterocycles. The first-order chi connectivity index (χ1) is 8.49. The Balaban J connectivity index is 2.38. The van der Waals surface area contributed by atoms with Crippen molar-refractivity contribution in [3.05, 3.63) is 29.1 Å². The van der Waals surface area contributed by atoms with E-state index >= 15 is 0 Å². The minimum atomic E-state index is -0.714. The van der Waals surface area contributed by atoms with Crippen molar-refractivity contribution in [1.82, 2.24) is 0 Å². The van der Waals surface area contributed by atoms with E-state index < -0.39 is 6.10 Å². The van der Waals surface area contributed by atoms with E-state index in [9.17, 15) is 14.6 Å². The smallest absolute Gasteiger partial charge is 0.126 e. The molecule has 2 atom stereocenters. The molecule has 4 heteroatoms. The Kier molecular flexibility index (Phi) is 3.88. The SMILES string of the molecule is Cc1cc(N2CCCC(O)C2)c([C@@H](C)O)cc1F. The second-order valence-corrected chi connectivity index (χ2v) is 5.08. The quantitative estimate of drug-likeness (QED) is 0.848. The molecule has 0 radical (unpaired) electrons. The lowest BCUT2D eigenvalue weighted by molar-refractivity contribution is 0.153. The molecule has 0 spiro atoms. The molecule has 18 heavy (non-hydrogen) atoms. The van der Waals surface area contributed by atoms with Crippen molar-refractivity contribution in [2.24, 2.45) is 0 Å². The van der Waals surface area contributed by atoms with Crippen molar-refractivity contribution >= 4 is 5.69 Å². The normalized spacial score (nSPS) is 22.1. The lowest BCUT2D eigenvalue weighted by Gasteiger charge is -2.34. The Bertz CT molecular complexity index is 434. The lowest BCUT2D eigenvalue weighted by atomic mass is 10.0. The van der Waals surface area contributed by atoms with Gasteiger partial charge in [0, 0.05) is 24.3 Å². The third kappa shape index (κ3) is 2.65. The highest BCUT2D eigenvalue weighted by atomic mass is 19.1. The number of rotatable bonds is 2.